The van der Waals surface area contributed by atoms with Gasteiger partial charge in [0.25, 0.3) is 0 Å². The number of rotatable bonds is 1. The first-order valence-electron chi connectivity index (χ1n) is 7.99. The van der Waals surface area contributed by atoms with Gasteiger partial charge in [-0.15, -0.1) is 0 Å². The molecule has 2 aliphatic heterocycles. The fourth-order valence-electron chi connectivity index (χ4n) is 3.71. The molecule has 2 aromatic rings. The van der Waals surface area contributed by atoms with Gasteiger partial charge in [0.05, 0.1) is 12.0 Å². The number of anilines is 1. The van der Waals surface area contributed by atoms with E-state index in [9.17, 15) is 9.59 Å². The van der Waals surface area contributed by atoms with E-state index in [1.807, 2.05) is 35.2 Å². The average Bonchev–Trinajstić information content (AvgIpc) is 3.03. The van der Waals surface area contributed by atoms with Gasteiger partial charge in [-0.05, 0) is 30.7 Å². The Morgan fingerprint density at radius 1 is 1.17 bits per heavy atom. The van der Waals surface area contributed by atoms with Crippen molar-refractivity contribution >= 4 is 17.5 Å². The largest absolute Gasteiger partial charge is 0.348 e. The van der Waals surface area contributed by atoms with Gasteiger partial charge < -0.3 is 14.8 Å². The van der Waals surface area contributed by atoms with Crippen molar-refractivity contribution in [3.63, 3.8) is 0 Å². The van der Waals surface area contributed by atoms with Gasteiger partial charge in [-0.1, -0.05) is 18.2 Å². The van der Waals surface area contributed by atoms with Crippen LogP contribution in [-0.2, 0) is 16.1 Å². The fourth-order valence-corrected chi connectivity index (χ4v) is 3.71. The summed E-state index contributed by atoms with van der Waals surface area (Å²) >= 11 is 0. The predicted octanol–water partition coefficient (Wildman–Crippen LogP) is 2.52. The molecular weight excluding hydrogens is 290 g/mol. The van der Waals surface area contributed by atoms with Crippen LogP contribution in [-0.4, -0.2) is 27.8 Å². The van der Waals surface area contributed by atoms with Crippen molar-refractivity contribution in [3.8, 4) is 0 Å². The fraction of sp³-hybridized carbons (Fsp3) is 0.333. The Morgan fingerprint density at radius 2 is 2.00 bits per heavy atom. The minimum Gasteiger partial charge on any atom is -0.348 e. The molecule has 3 heterocycles. The standard InChI is InChI=1S/C18H19N3O2/c1-12-16-7-4-8-20(16)9-10-21(12)18(23)14-11-17(22)19-15-6-3-2-5-13(14)15/h2-8,12,14H,9-11H2,1H3,(H,19,22). The monoisotopic (exact) mass is 309 g/mol. The maximum Gasteiger partial charge on any atom is 0.231 e. The number of benzene rings is 1. The van der Waals surface area contributed by atoms with E-state index in [0.717, 1.165) is 23.5 Å². The summed E-state index contributed by atoms with van der Waals surface area (Å²) in [5.41, 5.74) is 2.83. The number of fused-ring (bicyclic) bond motifs is 2. The van der Waals surface area contributed by atoms with E-state index in [1.165, 1.54) is 0 Å². The van der Waals surface area contributed by atoms with E-state index in [4.69, 9.17) is 0 Å². The Balaban J connectivity index is 1.66. The summed E-state index contributed by atoms with van der Waals surface area (Å²) in [5, 5.41) is 2.86. The maximum absolute atomic E-state index is 13.1. The third-order valence-corrected chi connectivity index (χ3v) is 4.92. The molecule has 23 heavy (non-hydrogen) atoms. The van der Waals surface area contributed by atoms with E-state index in [1.54, 1.807) is 0 Å². The number of hydrogen-bond acceptors (Lipinski definition) is 2. The Kier molecular flexibility index (Phi) is 3.22. The summed E-state index contributed by atoms with van der Waals surface area (Å²) in [4.78, 5) is 27.0. The predicted molar refractivity (Wildman–Crippen MR) is 87.0 cm³/mol. The number of amides is 2. The van der Waals surface area contributed by atoms with Crippen LogP contribution in [0, 0.1) is 0 Å². The summed E-state index contributed by atoms with van der Waals surface area (Å²) in [5.74, 6) is -0.425. The molecule has 118 valence electrons. The summed E-state index contributed by atoms with van der Waals surface area (Å²) in [6.45, 7) is 3.54. The minimum absolute atomic E-state index is 0.0309. The molecule has 5 heteroatoms. The second-order valence-electron chi connectivity index (χ2n) is 6.23. The number of aromatic nitrogens is 1. The first kappa shape index (κ1) is 14.1. The highest BCUT2D eigenvalue weighted by Gasteiger charge is 2.36. The first-order valence-corrected chi connectivity index (χ1v) is 7.99. The second-order valence-corrected chi connectivity index (χ2v) is 6.23. The highest BCUT2D eigenvalue weighted by Crippen LogP contribution is 2.36. The lowest BCUT2D eigenvalue weighted by Crippen LogP contribution is -2.44. The number of hydrogen-bond donors (Lipinski definition) is 1. The van der Waals surface area contributed by atoms with Gasteiger partial charge in [-0.2, -0.15) is 0 Å². The molecule has 0 bridgehead atoms. The first-order chi connectivity index (χ1) is 11.1. The summed E-state index contributed by atoms with van der Waals surface area (Å²) < 4.78 is 2.19. The van der Waals surface area contributed by atoms with Gasteiger partial charge in [0.15, 0.2) is 0 Å². The molecule has 0 saturated carbocycles. The number of carbonyl (C=O) groups excluding carboxylic acids is 2. The van der Waals surface area contributed by atoms with Gasteiger partial charge >= 0.3 is 0 Å². The molecular formula is C18H19N3O2. The molecule has 5 nitrogen and oxygen atoms in total. The van der Waals surface area contributed by atoms with Crippen LogP contribution in [0.4, 0.5) is 5.69 Å². The van der Waals surface area contributed by atoms with Gasteiger partial charge in [0, 0.05) is 37.1 Å². The van der Waals surface area contributed by atoms with Crippen LogP contribution in [0.25, 0.3) is 0 Å². The molecule has 2 amide bonds. The van der Waals surface area contributed by atoms with Gasteiger partial charge in [0.1, 0.15) is 0 Å². The number of nitrogens with one attached hydrogen (secondary N) is 1. The molecule has 0 saturated heterocycles. The minimum atomic E-state index is -0.385. The van der Waals surface area contributed by atoms with Crippen LogP contribution in [0.1, 0.15) is 36.6 Å². The van der Waals surface area contributed by atoms with Crippen molar-refractivity contribution in [1.82, 2.24) is 9.47 Å². The summed E-state index contributed by atoms with van der Waals surface area (Å²) in [6, 6.07) is 11.7. The summed E-state index contributed by atoms with van der Waals surface area (Å²) in [6.07, 6.45) is 2.27. The van der Waals surface area contributed by atoms with Gasteiger partial charge in [-0.3, -0.25) is 9.59 Å². The number of carbonyl (C=O) groups is 2. The van der Waals surface area contributed by atoms with E-state index in [-0.39, 0.29) is 30.2 Å². The topological polar surface area (TPSA) is 54.3 Å². The number of nitrogens with zero attached hydrogens (tertiary/aromatic N) is 2. The average molecular weight is 309 g/mol. The third kappa shape index (κ3) is 2.23. The smallest absolute Gasteiger partial charge is 0.231 e. The molecule has 1 N–H and O–H groups in total. The quantitative estimate of drug-likeness (QED) is 0.880. The lowest BCUT2D eigenvalue weighted by molar-refractivity contribution is -0.138. The van der Waals surface area contributed by atoms with E-state index >= 15 is 0 Å². The van der Waals surface area contributed by atoms with Crippen LogP contribution >= 0.6 is 0 Å². The zero-order valence-corrected chi connectivity index (χ0v) is 13.0. The lowest BCUT2D eigenvalue weighted by Gasteiger charge is -2.38. The Morgan fingerprint density at radius 3 is 2.87 bits per heavy atom. The molecule has 0 aliphatic carbocycles. The van der Waals surface area contributed by atoms with E-state index in [2.05, 4.69) is 29.1 Å². The van der Waals surface area contributed by atoms with Crippen molar-refractivity contribution in [3.05, 3.63) is 53.9 Å². The van der Waals surface area contributed by atoms with Gasteiger partial charge in [0.2, 0.25) is 11.8 Å². The van der Waals surface area contributed by atoms with Crippen LogP contribution in [0.5, 0.6) is 0 Å². The molecule has 2 atom stereocenters. The SMILES string of the molecule is CC1c2cccn2CCN1C(=O)C1CC(=O)Nc2ccccc21. The van der Waals surface area contributed by atoms with Crippen LogP contribution in [0.3, 0.4) is 0 Å². The molecule has 1 aromatic heterocycles. The van der Waals surface area contributed by atoms with Crippen molar-refractivity contribution in [1.29, 1.82) is 0 Å². The van der Waals surface area contributed by atoms with Crippen molar-refractivity contribution in [2.75, 3.05) is 11.9 Å². The normalized spacial score (nSPS) is 23.0. The molecule has 4 rings (SSSR count). The second kappa shape index (κ2) is 5.26. The molecule has 2 unspecified atom stereocenters. The molecule has 1 aromatic carbocycles. The Hall–Kier alpha value is -2.56. The molecule has 0 radical (unpaired) electrons. The van der Waals surface area contributed by atoms with Crippen LogP contribution in [0.2, 0.25) is 0 Å². The highest BCUT2D eigenvalue weighted by atomic mass is 16.2. The van der Waals surface area contributed by atoms with E-state index < -0.39 is 0 Å². The Bertz CT molecular complexity index is 780. The molecule has 0 spiro atoms. The van der Waals surface area contributed by atoms with Crippen LogP contribution < -0.4 is 5.32 Å². The molecule has 2 aliphatic rings. The molecule has 0 fully saturated rings. The zero-order valence-electron chi connectivity index (χ0n) is 13.0. The van der Waals surface area contributed by atoms with Crippen molar-refractivity contribution in [2.24, 2.45) is 0 Å². The lowest BCUT2D eigenvalue weighted by atomic mass is 9.88. The Labute approximate surface area is 134 Å². The maximum atomic E-state index is 13.1. The number of para-hydroxylation sites is 1. The van der Waals surface area contributed by atoms with Crippen LogP contribution in [0.15, 0.2) is 42.6 Å². The highest BCUT2D eigenvalue weighted by molar-refractivity contribution is 6.01. The van der Waals surface area contributed by atoms with E-state index in [0.29, 0.717) is 6.54 Å². The van der Waals surface area contributed by atoms with Crippen molar-refractivity contribution in [2.45, 2.75) is 31.8 Å². The third-order valence-electron chi connectivity index (χ3n) is 4.92. The summed E-state index contributed by atoms with van der Waals surface area (Å²) in [7, 11) is 0. The zero-order chi connectivity index (χ0) is 16.0. The van der Waals surface area contributed by atoms with Gasteiger partial charge in [-0.25, -0.2) is 0 Å². The van der Waals surface area contributed by atoms with Crippen molar-refractivity contribution < 1.29 is 9.59 Å².